The molecule has 1 heterocycles. The van der Waals surface area contributed by atoms with Gasteiger partial charge in [-0.25, -0.2) is 13.1 Å². The molecule has 0 bridgehead atoms. The minimum absolute atomic E-state index is 0.0549. The molecule has 0 unspecified atom stereocenters. The molecular weight excluding hydrogens is 374 g/mol. The molecule has 1 aromatic carbocycles. The van der Waals surface area contributed by atoms with Crippen molar-refractivity contribution in [1.29, 1.82) is 0 Å². The summed E-state index contributed by atoms with van der Waals surface area (Å²) in [6, 6.07) is 5.36. The Kier molecular flexibility index (Phi) is 6.04. The lowest BCUT2D eigenvalue weighted by molar-refractivity contribution is -0.122. The third-order valence-electron chi connectivity index (χ3n) is 6.37. The van der Waals surface area contributed by atoms with Crippen molar-refractivity contribution < 1.29 is 13.2 Å². The van der Waals surface area contributed by atoms with Gasteiger partial charge in [0.25, 0.3) is 0 Å². The number of hydrogen-bond acceptors (Lipinski definition) is 4. The average molecular weight is 406 g/mol. The smallest absolute Gasteiger partial charge is 0.240 e. The van der Waals surface area contributed by atoms with Gasteiger partial charge in [0.1, 0.15) is 0 Å². The number of carbonyl (C=O) groups is 1. The maximum atomic E-state index is 12.8. The van der Waals surface area contributed by atoms with Crippen molar-refractivity contribution in [2.45, 2.75) is 74.8 Å². The van der Waals surface area contributed by atoms with Gasteiger partial charge in [-0.1, -0.05) is 18.9 Å². The molecule has 0 aromatic heterocycles. The summed E-state index contributed by atoms with van der Waals surface area (Å²) in [4.78, 5) is 15.1. The maximum absolute atomic E-state index is 12.8. The highest BCUT2D eigenvalue weighted by atomic mass is 32.2. The monoisotopic (exact) mass is 405 g/mol. The molecule has 7 heteroatoms. The van der Waals surface area contributed by atoms with Gasteiger partial charge < -0.3 is 10.2 Å². The first-order valence-corrected chi connectivity index (χ1v) is 12.2. The van der Waals surface area contributed by atoms with Crippen molar-refractivity contribution in [3.63, 3.8) is 0 Å². The second-order valence-corrected chi connectivity index (χ2v) is 10.1. The molecule has 2 aliphatic carbocycles. The van der Waals surface area contributed by atoms with Gasteiger partial charge in [0, 0.05) is 19.0 Å². The highest BCUT2D eigenvalue weighted by Crippen LogP contribution is 2.33. The van der Waals surface area contributed by atoms with Crippen molar-refractivity contribution in [3.8, 4) is 0 Å². The third kappa shape index (κ3) is 4.58. The molecule has 154 valence electrons. The van der Waals surface area contributed by atoms with E-state index >= 15 is 0 Å². The van der Waals surface area contributed by atoms with Crippen LogP contribution in [0.3, 0.4) is 0 Å². The molecule has 1 aromatic rings. The minimum Gasteiger partial charge on any atom is -0.349 e. The summed E-state index contributed by atoms with van der Waals surface area (Å²) in [6.45, 7) is 2.99. The normalized spacial score (nSPS) is 23.2. The number of nitrogens with zero attached hydrogens (tertiary/aromatic N) is 1. The number of hydrogen-bond donors (Lipinski definition) is 2. The van der Waals surface area contributed by atoms with Crippen LogP contribution in [0.5, 0.6) is 0 Å². The zero-order valence-electron chi connectivity index (χ0n) is 16.5. The van der Waals surface area contributed by atoms with Crippen LogP contribution in [-0.4, -0.2) is 44.9 Å². The van der Waals surface area contributed by atoms with Crippen molar-refractivity contribution in [2.24, 2.45) is 0 Å². The fourth-order valence-electron chi connectivity index (χ4n) is 4.76. The van der Waals surface area contributed by atoms with Crippen LogP contribution < -0.4 is 10.0 Å². The summed E-state index contributed by atoms with van der Waals surface area (Å²) in [5, 5.41) is 3.13. The molecule has 0 radical (unpaired) electrons. The molecular formula is C21H31N3O3S. The van der Waals surface area contributed by atoms with Crippen molar-refractivity contribution >= 4 is 15.9 Å². The van der Waals surface area contributed by atoms with E-state index in [0.29, 0.717) is 11.3 Å². The lowest BCUT2D eigenvalue weighted by atomic mass is 10.1. The summed E-state index contributed by atoms with van der Waals surface area (Å²) < 4.78 is 28.4. The van der Waals surface area contributed by atoms with Crippen LogP contribution in [0.1, 0.15) is 68.5 Å². The first-order valence-electron chi connectivity index (χ1n) is 10.7. The molecule has 0 spiro atoms. The lowest BCUT2D eigenvalue weighted by Crippen LogP contribution is -2.33. The van der Waals surface area contributed by atoms with Crippen LogP contribution >= 0.6 is 0 Å². The van der Waals surface area contributed by atoms with Gasteiger partial charge in [-0.15, -0.1) is 0 Å². The predicted molar refractivity (Wildman–Crippen MR) is 109 cm³/mol. The Morgan fingerprint density at radius 2 is 1.82 bits per heavy atom. The molecule has 1 saturated heterocycles. The average Bonchev–Trinajstić information content (AvgIpc) is 3.42. The van der Waals surface area contributed by atoms with Crippen LogP contribution in [0.2, 0.25) is 0 Å². The number of rotatable bonds is 7. The van der Waals surface area contributed by atoms with Crippen LogP contribution in [0, 0.1) is 0 Å². The number of benzene rings is 1. The van der Waals surface area contributed by atoms with Gasteiger partial charge in [-0.2, -0.15) is 0 Å². The predicted octanol–water partition coefficient (Wildman–Crippen LogP) is 2.50. The largest absolute Gasteiger partial charge is 0.349 e. The number of carbonyl (C=O) groups excluding carboxylic acids is 1. The van der Waals surface area contributed by atoms with E-state index in [1.807, 2.05) is 6.07 Å². The minimum atomic E-state index is -3.51. The summed E-state index contributed by atoms with van der Waals surface area (Å²) in [6.07, 6.45) is 8.68. The number of sulfonamides is 1. The molecule has 1 atom stereocenters. The molecule has 2 N–H and O–H groups in total. The Morgan fingerprint density at radius 3 is 2.57 bits per heavy atom. The maximum Gasteiger partial charge on any atom is 0.240 e. The number of fused-ring (bicyclic) bond motifs is 1. The summed E-state index contributed by atoms with van der Waals surface area (Å²) >= 11 is 0. The highest BCUT2D eigenvalue weighted by molar-refractivity contribution is 7.89. The van der Waals surface area contributed by atoms with E-state index in [1.54, 1.807) is 12.1 Å². The van der Waals surface area contributed by atoms with Crippen molar-refractivity contribution in [1.82, 2.24) is 14.9 Å². The van der Waals surface area contributed by atoms with Gasteiger partial charge in [0.05, 0.1) is 10.9 Å². The Hall–Kier alpha value is -1.44. The first-order chi connectivity index (χ1) is 13.5. The topological polar surface area (TPSA) is 78.5 Å². The number of amides is 1. The molecule has 28 heavy (non-hydrogen) atoms. The van der Waals surface area contributed by atoms with Crippen molar-refractivity contribution in [2.75, 3.05) is 19.6 Å². The first kappa shape index (κ1) is 19.9. The van der Waals surface area contributed by atoms with E-state index in [2.05, 4.69) is 14.9 Å². The molecule has 1 amide bonds. The Labute approximate surface area is 168 Å². The molecule has 4 rings (SSSR count). The third-order valence-corrected chi connectivity index (χ3v) is 7.89. The lowest BCUT2D eigenvalue weighted by Gasteiger charge is -2.18. The van der Waals surface area contributed by atoms with Gasteiger partial charge in [0.15, 0.2) is 0 Å². The zero-order valence-corrected chi connectivity index (χ0v) is 17.3. The van der Waals surface area contributed by atoms with E-state index in [9.17, 15) is 13.2 Å². The van der Waals surface area contributed by atoms with Crippen LogP contribution in [0.15, 0.2) is 23.1 Å². The molecule has 1 saturated carbocycles. The number of likely N-dealkylation sites (tertiary alicyclic amines) is 1. The number of aryl methyl sites for hydroxylation is 1. The van der Waals surface area contributed by atoms with Crippen LogP contribution in [0.4, 0.5) is 0 Å². The summed E-state index contributed by atoms with van der Waals surface area (Å²) in [5.41, 5.74) is 2.11. The van der Waals surface area contributed by atoms with E-state index in [0.717, 1.165) is 69.3 Å². The molecule has 3 aliphatic rings. The second kappa shape index (κ2) is 8.51. The van der Waals surface area contributed by atoms with Crippen LogP contribution in [0.25, 0.3) is 0 Å². The highest BCUT2D eigenvalue weighted by Gasteiger charge is 2.28. The Morgan fingerprint density at radius 1 is 1.07 bits per heavy atom. The fraction of sp³-hybridized carbons (Fsp3) is 0.667. The summed E-state index contributed by atoms with van der Waals surface area (Å²) in [7, 11) is -3.51. The number of nitrogens with one attached hydrogen (secondary N) is 2. The molecule has 2 fully saturated rings. The van der Waals surface area contributed by atoms with E-state index in [4.69, 9.17) is 0 Å². The fourth-order valence-corrected chi connectivity index (χ4v) is 6.10. The Balaban J connectivity index is 1.40. The van der Waals surface area contributed by atoms with Gasteiger partial charge >= 0.3 is 0 Å². The zero-order chi connectivity index (χ0) is 19.6. The summed E-state index contributed by atoms with van der Waals surface area (Å²) in [5.74, 6) is 0.0575. The Bertz CT molecular complexity index is 812. The van der Waals surface area contributed by atoms with Gasteiger partial charge in [-0.05, 0) is 74.9 Å². The van der Waals surface area contributed by atoms with E-state index in [1.165, 1.54) is 12.8 Å². The van der Waals surface area contributed by atoms with Gasteiger partial charge in [-0.3, -0.25) is 4.79 Å². The van der Waals surface area contributed by atoms with E-state index in [-0.39, 0.29) is 18.0 Å². The standard InChI is InChI=1S/C21H31N3O3S/c25-21(11-14-24-12-3-4-13-24)22-20-10-8-16-7-9-18(15-19(16)20)28(26,27)23-17-5-1-2-6-17/h7,9,15,17,20,23H,1-6,8,10-14H2,(H,22,25)/t20-/m0/s1. The van der Waals surface area contributed by atoms with E-state index < -0.39 is 10.0 Å². The molecule has 6 nitrogen and oxygen atoms in total. The van der Waals surface area contributed by atoms with Gasteiger partial charge in [0.2, 0.25) is 15.9 Å². The van der Waals surface area contributed by atoms with Crippen LogP contribution in [-0.2, 0) is 21.2 Å². The quantitative estimate of drug-likeness (QED) is 0.731. The SMILES string of the molecule is O=C(CCN1CCCC1)N[C@H]1CCc2ccc(S(=O)(=O)NC3CCCC3)cc21. The molecule has 1 aliphatic heterocycles. The van der Waals surface area contributed by atoms with Crippen molar-refractivity contribution in [3.05, 3.63) is 29.3 Å². The second-order valence-electron chi connectivity index (χ2n) is 8.42.